The third kappa shape index (κ3) is 4.34. The van der Waals surface area contributed by atoms with E-state index in [-0.39, 0.29) is 29.5 Å². The van der Waals surface area contributed by atoms with Gasteiger partial charge in [-0.05, 0) is 25.0 Å². The average Bonchev–Trinajstić information content (AvgIpc) is 2.96. The molecule has 1 unspecified atom stereocenters. The van der Waals surface area contributed by atoms with Gasteiger partial charge in [-0.1, -0.05) is 26.2 Å². The first-order chi connectivity index (χ1) is 12.0. The summed E-state index contributed by atoms with van der Waals surface area (Å²) in [5.41, 5.74) is 0.365. The normalized spacial score (nSPS) is 23.5. The van der Waals surface area contributed by atoms with E-state index >= 15 is 0 Å². The van der Waals surface area contributed by atoms with Crippen LogP contribution in [0, 0.1) is 0 Å². The molecule has 0 N–H and O–H groups in total. The van der Waals surface area contributed by atoms with Gasteiger partial charge in [0.2, 0.25) is 0 Å². The van der Waals surface area contributed by atoms with Gasteiger partial charge in [0.1, 0.15) is 5.03 Å². The summed E-state index contributed by atoms with van der Waals surface area (Å²) in [6, 6.07) is -0.122. The van der Waals surface area contributed by atoms with Crippen LogP contribution in [0.4, 0.5) is 0 Å². The van der Waals surface area contributed by atoms with Gasteiger partial charge in [0, 0.05) is 24.5 Å². The molecule has 0 radical (unpaired) electrons. The Hall–Kier alpha value is -1.15. The van der Waals surface area contributed by atoms with Crippen LogP contribution in [0.2, 0.25) is 0 Å². The zero-order valence-electron chi connectivity index (χ0n) is 14.6. The Bertz CT molecular complexity index is 718. The van der Waals surface area contributed by atoms with Gasteiger partial charge in [0.05, 0.1) is 11.5 Å². The Labute approximate surface area is 153 Å². The summed E-state index contributed by atoms with van der Waals surface area (Å²) >= 11 is 1.50. The molecule has 1 saturated heterocycles. The summed E-state index contributed by atoms with van der Waals surface area (Å²) in [6.07, 6.45) is 8.91. The molecular formula is C17H25N3O3S2. The molecule has 0 spiro atoms. The van der Waals surface area contributed by atoms with E-state index in [2.05, 4.69) is 9.97 Å². The van der Waals surface area contributed by atoms with Crippen LogP contribution in [0.3, 0.4) is 0 Å². The minimum absolute atomic E-state index is 0.0752. The molecule has 3 rings (SSSR count). The molecule has 2 aliphatic rings. The fraction of sp³-hybridized carbons (Fsp3) is 0.706. The van der Waals surface area contributed by atoms with Gasteiger partial charge in [-0.3, -0.25) is 4.79 Å². The van der Waals surface area contributed by atoms with Crippen LogP contribution in [0.5, 0.6) is 0 Å². The molecule has 1 saturated carbocycles. The number of thioether (sulfide) groups is 1. The third-order valence-electron chi connectivity index (χ3n) is 4.95. The highest BCUT2D eigenvalue weighted by atomic mass is 32.2. The third-order valence-corrected chi connectivity index (χ3v) is 7.56. The lowest BCUT2D eigenvalue weighted by atomic mass is 9.92. The molecule has 8 heteroatoms. The van der Waals surface area contributed by atoms with Gasteiger partial charge in [-0.15, -0.1) is 11.8 Å². The first-order valence-electron chi connectivity index (χ1n) is 8.98. The Balaban J connectivity index is 1.92. The number of carbonyl (C=O) groups is 1. The zero-order valence-corrected chi connectivity index (χ0v) is 16.2. The second-order valence-corrected chi connectivity index (χ2v) is 10.2. The van der Waals surface area contributed by atoms with E-state index in [1.807, 2.05) is 11.8 Å². The lowest BCUT2D eigenvalue weighted by Crippen LogP contribution is -2.49. The predicted molar refractivity (Wildman–Crippen MR) is 98.5 cm³/mol. The SMILES string of the molecule is CCSc1nccnc1C(=O)N(C1CCCCC1)C1CCS(=O)(=O)C1. The van der Waals surface area contributed by atoms with E-state index in [9.17, 15) is 13.2 Å². The van der Waals surface area contributed by atoms with Crippen molar-refractivity contribution in [3.05, 3.63) is 18.1 Å². The minimum Gasteiger partial charge on any atom is -0.330 e. The molecule has 2 heterocycles. The molecule has 138 valence electrons. The minimum atomic E-state index is -3.05. The van der Waals surface area contributed by atoms with Gasteiger partial charge in [-0.25, -0.2) is 18.4 Å². The van der Waals surface area contributed by atoms with Crippen molar-refractivity contribution in [1.29, 1.82) is 0 Å². The summed E-state index contributed by atoms with van der Waals surface area (Å²) in [6.45, 7) is 2.01. The number of hydrogen-bond donors (Lipinski definition) is 0. The molecule has 1 atom stereocenters. The van der Waals surface area contributed by atoms with Gasteiger partial charge in [0.15, 0.2) is 15.5 Å². The maximum Gasteiger partial charge on any atom is 0.275 e. The average molecular weight is 384 g/mol. The summed E-state index contributed by atoms with van der Waals surface area (Å²) in [7, 11) is -3.05. The Morgan fingerprint density at radius 1 is 1.16 bits per heavy atom. The molecular weight excluding hydrogens is 358 g/mol. The Morgan fingerprint density at radius 3 is 2.52 bits per heavy atom. The number of carbonyl (C=O) groups excluding carboxylic acids is 1. The van der Waals surface area contributed by atoms with Crippen molar-refractivity contribution >= 4 is 27.5 Å². The van der Waals surface area contributed by atoms with Crippen LogP contribution < -0.4 is 0 Å². The molecule has 0 bridgehead atoms. The molecule has 2 fully saturated rings. The second-order valence-electron chi connectivity index (χ2n) is 6.70. The largest absolute Gasteiger partial charge is 0.330 e. The first kappa shape index (κ1) is 18.6. The maximum atomic E-state index is 13.4. The Morgan fingerprint density at radius 2 is 1.88 bits per heavy atom. The Kier molecular flexibility index (Phi) is 5.99. The number of sulfone groups is 1. The van der Waals surface area contributed by atoms with E-state index in [1.165, 1.54) is 24.4 Å². The van der Waals surface area contributed by atoms with Crippen molar-refractivity contribution in [2.45, 2.75) is 62.6 Å². The summed E-state index contributed by atoms with van der Waals surface area (Å²) in [5, 5.41) is 0.636. The molecule has 25 heavy (non-hydrogen) atoms. The molecule has 6 nitrogen and oxygen atoms in total. The highest BCUT2D eigenvalue weighted by Crippen LogP contribution is 2.30. The van der Waals surface area contributed by atoms with E-state index in [0.717, 1.165) is 31.4 Å². The number of nitrogens with zero attached hydrogens (tertiary/aromatic N) is 3. The van der Waals surface area contributed by atoms with Crippen molar-refractivity contribution in [3.63, 3.8) is 0 Å². The summed E-state index contributed by atoms with van der Waals surface area (Å²) in [5.74, 6) is 0.898. The van der Waals surface area contributed by atoms with Gasteiger partial charge in [0.25, 0.3) is 5.91 Å². The van der Waals surface area contributed by atoms with Crippen LogP contribution >= 0.6 is 11.8 Å². The van der Waals surface area contributed by atoms with Crippen LogP contribution in [-0.2, 0) is 9.84 Å². The highest BCUT2D eigenvalue weighted by Gasteiger charge is 2.39. The quantitative estimate of drug-likeness (QED) is 0.727. The van der Waals surface area contributed by atoms with Crippen LogP contribution in [0.15, 0.2) is 17.4 Å². The zero-order chi connectivity index (χ0) is 17.9. The fourth-order valence-corrected chi connectivity index (χ4v) is 6.22. The maximum absolute atomic E-state index is 13.4. The summed E-state index contributed by atoms with van der Waals surface area (Å²) < 4.78 is 24.0. The molecule has 0 aromatic carbocycles. The molecule has 1 aromatic heterocycles. The molecule has 1 aromatic rings. The number of amides is 1. The van der Waals surface area contributed by atoms with Gasteiger partial charge < -0.3 is 4.90 Å². The number of aromatic nitrogens is 2. The molecule has 1 amide bonds. The predicted octanol–water partition coefficient (Wildman–Crippen LogP) is 2.55. The van der Waals surface area contributed by atoms with Crippen LogP contribution in [0.25, 0.3) is 0 Å². The summed E-state index contributed by atoms with van der Waals surface area (Å²) in [4.78, 5) is 23.8. The van der Waals surface area contributed by atoms with E-state index in [0.29, 0.717) is 17.1 Å². The lowest BCUT2D eigenvalue weighted by molar-refractivity contribution is 0.0530. The van der Waals surface area contributed by atoms with E-state index in [4.69, 9.17) is 0 Å². The molecule has 1 aliphatic heterocycles. The topological polar surface area (TPSA) is 80.2 Å². The van der Waals surface area contributed by atoms with Gasteiger partial charge in [-0.2, -0.15) is 0 Å². The fourth-order valence-electron chi connectivity index (χ4n) is 3.82. The van der Waals surface area contributed by atoms with Crippen molar-refractivity contribution in [1.82, 2.24) is 14.9 Å². The molecule has 1 aliphatic carbocycles. The van der Waals surface area contributed by atoms with Crippen molar-refractivity contribution in [2.24, 2.45) is 0 Å². The van der Waals surface area contributed by atoms with Crippen molar-refractivity contribution in [3.8, 4) is 0 Å². The monoisotopic (exact) mass is 383 g/mol. The van der Waals surface area contributed by atoms with E-state index in [1.54, 1.807) is 6.20 Å². The second kappa shape index (κ2) is 8.03. The number of hydrogen-bond acceptors (Lipinski definition) is 6. The van der Waals surface area contributed by atoms with Crippen LogP contribution in [0.1, 0.15) is 55.9 Å². The smallest absolute Gasteiger partial charge is 0.275 e. The van der Waals surface area contributed by atoms with E-state index < -0.39 is 9.84 Å². The first-order valence-corrected chi connectivity index (χ1v) is 11.8. The van der Waals surface area contributed by atoms with Crippen LogP contribution in [-0.4, -0.2) is 58.5 Å². The lowest BCUT2D eigenvalue weighted by Gasteiger charge is -2.38. The number of rotatable bonds is 5. The highest BCUT2D eigenvalue weighted by molar-refractivity contribution is 7.99. The van der Waals surface area contributed by atoms with Gasteiger partial charge >= 0.3 is 0 Å². The standard InChI is InChI=1S/C17H25N3O3S2/c1-2-24-16-15(18-9-10-19-16)17(21)20(13-6-4-3-5-7-13)14-8-11-25(22,23)12-14/h9-10,13-14H,2-8,11-12H2,1H3. The van der Waals surface area contributed by atoms with Crippen molar-refractivity contribution < 1.29 is 13.2 Å². The van der Waals surface area contributed by atoms with Crippen molar-refractivity contribution in [2.75, 3.05) is 17.3 Å².